The molecular formula is C10H7N4O4+. The van der Waals surface area contributed by atoms with Crippen LogP contribution in [0.4, 0.5) is 0 Å². The molecule has 0 unspecified atom stereocenters. The molecule has 0 spiro atoms. The van der Waals surface area contributed by atoms with Crippen LogP contribution in [0.15, 0.2) is 29.4 Å². The summed E-state index contributed by atoms with van der Waals surface area (Å²) in [4.78, 5) is 24.0. The number of aliphatic carboxylic acids is 2. The van der Waals surface area contributed by atoms with Crippen LogP contribution in [0.5, 0.6) is 0 Å². The summed E-state index contributed by atoms with van der Waals surface area (Å²) < 4.78 is 0. The van der Waals surface area contributed by atoms with Crippen molar-refractivity contribution in [3.8, 4) is 0 Å². The largest absolute Gasteiger partial charge is 0.476 e. The molecule has 0 bridgehead atoms. The number of carboxylic acids is 2. The van der Waals surface area contributed by atoms with Gasteiger partial charge in [0.05, 0.1) is 5.22 Å². The van der Waals surface area contributed by atoms with E-state index in [1.165, 1.54) is 24.3 Å². The lowest BCUT2D eigenvalue weighted by Gasteiger charge is -1.91. The first kappa shape index (κ1) is 13.0. The molecule has 0 aromatic heterocycles. The second kappa shape index (κ2) is 5.31. The van der Waals surface area contributed by atoms with Gasteiger partial charge < -0.3 is 10.2 Å². The van der Waals surface area contributed by atoms with Crippen molar-refractivity contribution in [2.45, 2.75) is 0 Å². The molecule has 1 rings (SSSR count). The average Bonchev–Trinajstić information content (AvgIpc) is 2.32. The van der Waals surface area contributed by atoms with Crippen molar-refractivity contribution < 1.29 is 19.8 Å². The zero-order valence-electron chi connectivity index (χ0n) is 8.86. The van der Waals surface area contributed by atoms with Crippen LogP contribution in [0.2, 0.25) is 0 Å². The van der Waals surface area contributed by atoms with Crippen LogP contribution in [-0.2, 0) is 9.59 Å². The fourth-order valence-corrected chi connectivity index (χ4v) is 1.25. The summed E-state index contributed by atoms with van der Waals surface area (Å²) >= 11 is 0. The topological polar surface area (TPSA) is 139 Å². The number of carbonyl (C=O) groups is 2. The number of carboxylic acid groups (broad SMARTS) is 2. The molecule has 0 radical (unpaired) electrons. The van der Waals surface area contributed by atoms with Crippen LogP contribution in [0.3, 0.4) is 0 Å². The standard InChI is InChI=1S/C10H6N4O4/c11-13-7(9(15)16)5-1-2-6(4-3-5)8(14-12)10(17)18/h1-4,11H,(H-,15,16,17,18)/p+1. The third-order valence-electron chi connectivity index (χ3n) is 2.05. The normalized spacial score (nSPS) is 9.06. The molecule has 0 saturated carbocycles. The number of benzene rings is 1. The number of rotatable bonds is 3. The van der Waals surface area contributed by atoms with Gasteiger partial charge >= 0.3 is 17.6 Å². The van der Waals surface area contributed by atoms with E-state index in [9.17, 15) is 9.59 Å². The van der Waals surface area contributed by atoms with Crippen LogP contribution in [-0.4, -0.2) is 22.2 Å². The first-order valence-corrected chi connectivity index (χ1v) is 4.55. The minimum atomic E-state index is -1.42. The smallest absolute Gasteiger partial charge is 0.475 e. The lowest BCUT2D eigenvalue weighted by atomic mass is 10.2. The highest BCUT2D eigenvalue weighted by Gasteiger charge is 2.21. The first-order chi connectivity index (χ1) is 8.51. The van der Waals surface area contributed by atoms with Crippen molar-refractivity contribution in [3.63, 3.8) is 0 Å². The zero-order valence-corrected chi connectivity index (χ0v) is 8.86. The van der Waals surface area contributed by atoms with Gasteiger partial charge in [0.15, 0.2) is 10.7 Å². The van der Waals surface area contributed by atoms with E-state index in [2.05, 4.69) is 10.1 Å². The van der Waals surface area contributed by atoms with E-state index in [-0.39, 0.29) is 10.4 Å². The lowest BCUT2D eigenvalue weighted by molar-refractivity contribution is -0.131. The van der Waals surface area contributed by atoms with Crippen molar-refractivity contribution in [1.82, 2.24) is 0 Å². The van der Waals surface area contributed by atoms with Gasteiger partial charge in [-0.25, -0.2) is 15.1 Å². The molecule has 3 N–H and O–H groups in total. The van der Waals surface area contributed by atoms with E-state index >= 15 is 0 Å². The molecule has 8 heteroatoms. The quantitative estimate of drug-likeness (QED) is 0.507. The minimum absolute atomic E-state index is 0.100. The Hall–Kier alpha value is -3.08. The van der Waals surface area contributed by atoms with Crippen molar-refractivity contribution >= 4 is 23.3 Å². The molecule has 0 saturated heterocycles. The van der Waals surface area contributed by atoms with Gasteiger partial charge in [-0.15, -0.1) is 0 Å². The van der Waals surface area contributed by atoms with Gasteiger partial charge in [-0.3, -0.25) is 0 Å². The molecule has 18 heavy (non-hydrogen) atoms. The van der Waals surface area contributed by atoms with Crippen molar-refractivity contribution in [3.05, 3.63) is 39.7 Å². The molecule has 0 fully saturated rings. The molecule has 0 atom stereocenters. The van der Waals surface area contributed by atoms with Crippen molar-refractivity contribution in [1.29, 1.82) is 10.9 Å². The molecule has 8 nitrogen and oxygen atoms in total. The highest BCUT2D eigenvalue weighted by Crippen LogP contribution is 1.96. The summed E-state index contributed by atoms with van der Waals surface area (Å²) in [7, 11) is 0. The van der Waals surface area contributed by atoms with Gasteiger partial charge in [0, 0.05) is 5.22 Å². The molecule has 90 valence electrons. The second-order valence-electron chi connectivity index (χ2n) is 3.10. The maximum atomic E-state index is 10.7. The van der Waals surface area contributed by atoms with Crippen LogP contribution in [0.25, 0.3) is 16.4 Å². The van der Waals surface area contributed by atoms with Gasteiger partial charge in [0.25, 0.3) is 0 Å². The summed E-state index contributed by atoms with van der Waals surface area (Å²) in [6.07, 6.45) is 0. The summed E-state index contributed by atoms with van der Waals surface area (Å²) in [5, 5.41) is 29.1. The summed E-state index contributed by atoms with van der Waals surface area (Å²) in [6, 6.07) is 5.05. The molecule has 1 aromatic carbocycles. The molecule has 0 amide bonds. The summed E-state index contributed by atoms with van der Waals surface area (Å²) in [5.41, 5.74) is 5.68. The Balaban J connectivity index is 3.58. The summed E-state index contributed by atoms with van der Waals surface area (Å²) in [6.45, 7) is 0. The Morgan fingerprint density at radius 2 is 1.61 bits per heavy atom. The molecular weight excluding hydrogens is 240 g/mol. The van der Waals surface area contributed by atoms with Crippen LogP contribution in [0.1, 0.15) is 0 Å². The Morgan fingerprint density at radius 3 is 1.94 bits per heavy atom. The predicted octanol–water partition coefficient (Wildman–Crippen LogP) is -0.0438. The van der Waals surface area contributed by atoms with Crippen molar-refractivity contribution in [2.75, 3.05) is 0 Å². The van der Waals surface area contributed by atoms with Gasteiger partial charge in [0.2, 0.25) is 5.39 Å². The third kappa shape index (κ3) is 2.53. The van der Waals surface area contributed by atoms with Crippen LogP contribution >= 0.6 is 0 Å². The van der Waals surface area contributed by atoms with E-state index in [0.717, 1.165) is 0 Å². The number of nitrogens with zero attached hydrogens (tertiary/aromatic N) is 3. The number of nitrogens with one attached hydrogen (secondary N) is 1. The highest BCUT2D eigenvalue weighted by molar-refractivity contribution is 6.11. The van der Waals surface area contributed by atoms with Crippen LogP contribution in [0, 0.1) is 10.9 Å². The minimum Gasteiger partial charge on any atom is -0.476 e. The Kier molecular flexibility index (Phi) is 3.83. The van der Waals surface area contributed by atoms with Gasteiger partial charge in [0.1, 0.15) is 0 Å². The molecule has 0 aliphatic carbocycles. The van der Waals surface area contributed by atoms with Gasteiger partial charge in [-0.05, 0) is 12.1 Å². The maximum absolute atomic E-state index is 10.7. The van der Waals surface area contributed by atoms with E-state index in [0.29, 0.717) is 0 Å². The Labute approximate surface area is 99.6 Å². The van der Waals surface area contributed by atoms with Crippen molar-refractivity contribution in [2.24, 2.45) is 5.11 Å². The Morgan fingerprint density at radius 1 is 1.11 bits per heavy atom. The number of diazo groups is 1. The molecule has 1 aromatic rings. The van der Waals surface area contributed by atoms with E-state index in [4.69, 9.17) is 21.1 Å². The van der Waals surface area contributed by atoms with E-state index in [1.807, 2.05) is 0 Å². The second-order valence-corrected chi connectivity index (χ2v) is 3.10. The zero-order chi connectivity index (χ0) is 13.7. The molecule has 0 aliphatic rings. The van der Waals surface area contributed by atoms with Gasteiger partial charge in [-0.2, -0.15) is 5.11 Å². The lowest BCUT2D eigenvalue weighted by Crippen LogP contribution is -2.17. The first-order valence-electron chi connectivity index (χ1n) is 4.55. The van der Waals surface area contributed by atoms with Gasteiger partial charge in [-0.1, -0.05) is 12.1 Å². The Bertz CT molecular complexity index is 663. The SMILES string of the molecule is N#[N+]C(C(=O)O)=c1ccc(=C(N=N)C(=O)O)cc1. The van der Waals surface area contributed by atoms with E-state index < -0.39 is 23.3 Å². The predicted molar refractivity (Wildman–Crippen MR) is 58.0 cm³/mol. The number of hydrogen-bond acceptors (Lipinski definition) is 5. The number of hydrogen-bond donors (Lipinski definition) is 3. The average molecular weight is 247 g/mol. The monoisotopic (exact) mass is 247 g/mol. The highest BCUT2D eigenvalue weighted by atomic mass is 16.4. The summed E-state index contributed by atoms with van der Waals surface area (Å²) in [5.74, 6) is -2.79. The fourth-order valence-electron chi connectivity index (χ4n) is 1.25. The third-order valence-corrected chi connectivity index (χ3v) is 2.05. The van der Waals surface area contributed by atoms with E-state index in [1.54, 1.807) is 0 Å². The molecule has 0 heterocycles. The van der Waals surface area contributed by atoms with Crippen LogP contribution < -0.4 is 10.4 Å². The molecule has 0 aliphatic heterocycles. The fraction of sp³-hybridized carbons (Fsp3) is 0. The maximum Gasteiger partial charge on any atom is 0.475 e.